The summed E-state index contributed by atoms with van der Waals surface area (Å²) in [6.07, 6.45) is 0.684. The number of aromatic hydroxyl groups is 1. The van der Waals surface area contributed by atoms with Crippen molar-refractivity contribution in [2.45, 2.75) is 12.5 Å². The van der Waals surface area contributed by atoms with Crippen LogP contribution < -0.4 is 0 Å². The second-order valence-electron chi connectivity index (χ2n) is 6.80. The predicted octanol–water partition coefficient (Wildman–Crippen LogP) is 4.67. The molecule has 0 aliphatic carbocycles. The van der Waals surface area contributed by atoms with Gasteiger partial charge in [-0.3, -0.25) is 9.89 Å². The highest BCUT2D eigenvalue weighted by molar-refractivity contribution is 6.42. The van der Waals surface area contributed by atoms with Gasteiger partial charge in [0.15, 0.2) is 0 Å². The number of carbonyl (C=O) groups is 1. The number of aromatic amines is 1. The molecule has 2 N–H and O–H groups in total. The number of methoxy groups -OCH3 is 1. The van der Waals surface area contributed by atoms with Crippen molar-refractivity contribution in [3.05, 3.63) is 69.3 Å². The molecule has 0 spiro atoms. The molecule has 0 saturated carbocycles. The summed E-state index contributed by atoms with van der Waals surface area (Å²) >= 11 is 12.4. The second-order valence-corrected chi connectivity index (χ2v) is 7.61. The first kappa shape index (κ1) is 19.8. The number of nitrogens with one attached hydrogen (secondary N) is 1. The van der Waals surface area contributed by atoms with Crippen molar-refractivity contribution in [1.29, 1.82) is 0 Å². The number of para-hydroxylation sites is 1. The Labute approximate surface area is 178 Å². The van der Waals surface area contributed by atoms with Gasteiger partial charge in [0.25, 0.3) is 5.91 Å². The van der Waals surface area contributed by atoms with E-state index in [4.69, 9.17) is 27.9 Å². The molecule has 3 aromatic rings. The highest BCUT2D eigenvalue weighted by atomic mass is 35.5. The number of amides is 1. The molecule has 0 fully saturated rings. The SMILES string of the molecule is COCCCN1C(=O)c2[nH]nc(-c3ccccc3O)c2[C@H]1c1ccc(Cl)c(Cl)c1. The normalized spacial score (nSPS) is 15.8. The van der Waals surface area contributed by atoms with E-state index in [1.54, 1.807) is 42.3 Å². The first-order valence-electron chi connectivity index (χ1n) is 9.14. The lowest BCUT2D eigenvalue weighted by Crippen LogP contribution is -2.31. The number of H-pyrrole nitrogens is 1. The topological polar surface area (TPSA) is 78.5 Å². The summed E-state index contributed by atoms with van der Waals surface area (Å²) in [5.74, 6) is -0.0543. The number of ether oxygens (including phenoxy) is 1. The van der Waals surface area contributed by atoms with Crippen LogP contribution in [0.5, 0.6) is 5.75 Å². The Morgan fingerprint density at radius 2 is 2.00 bits per heavy atom. The van der Waals surface area contributed by atoms with Crippen LogP contribution in [0.25, 0.3) is 11.3 Å². The van der Waals surface area contributed by atoms with Crippen molar-refractivity contribution in [3.63, 3.8) is 0 Å². The number of phenolic OH excluding ortho intramolecular Hbond substituents is 1. The van der Waals surface area contributed by atoms with E-state index in [9.17, 15) is 9.90 Å². The van der Waals surface area contributed by atoms with Gasteiger partial charge in [0.2, 0.25) is 0 Å². The minimum Gasteiger partial charge on any atom is -0.507 e. The number of hydrogen-bond acceptors (Lipinski definition) is 4. The van der Waals surface area contributed by atoms with Crippen molar-refractivity contribution in [1.82, 2.24) is 15.1 Å². The largest absolute Gasteiger partial charge is 0.507 e. The first-order chi connectivity index (χ1) is 14.0. The van der Waals surface area contributed by atoms with Crippen LogP contribution in [0.4, 0.5) is 0 Å². The quantitative estimate of drug-likeness (QED) is 0.555. The van der Waals surface area contributed by atoms with Crippen molar-refractivity contribution in [2.75, 3.05) is 20.3 Å². The van der Waals surface area contributed by atoms with E-state index < -0.39 is 6.04 Å². The van der Waals surface area contributed by atoms with Gasteiger partial charge < -0.3 is 14.7 Å². The van der Waals surface area contributed by atoms with Crippen LogP contribution in [0, 0.1) is 0 Å². The van der Waals surface area contributed by atoms with Gasteiger partial charge in [0.05, 0.1) is 16.1 Å². The van der Waals surface area contributed by atoms with E-state index in [1.807, 2.05) is 12.1 Å². The molecule has 2 aromatic carbocycles. The number of carbonyl (C=O) groups excluding carboxylic acids is 1. The lowest BCUT2D eigenvalue weighted by Gasteiger charge is -2.26. The van der Waals surface area contributed by atoms with Crippen LogP contribution in [0.15, 0.2) is 42.5 Å². The number of benzene rings is 2. The van der Waals surface area contributed by atoms with Gasteiger partial charge in [-0.1, -0.05) is 41.4 Å². The lowest BCUT2D eigenvalue weighted by molar-refractivity contribution is 0.0723. The molecule has 1 aliphatic heterocycles. The van der Waals surface area contributed by atoms with E-state index in [1.165, 1.54) is 0 Å². The highest BCUT2D eigenvalue weighted by Gasteiger charge is 2.42. The fourth-order valence-corrected chi connectivity index (χ4v) is 4.02. The number of halogens is 2. The zero-order valence-corrected chi connectivity index (χ0v) is 17.2. The van der Waals surface area contributed by atoms with Gasteiger partial charge in [-0.15, -0.1) is 0 Å². The average molecular weight is 432 g/mol. The summed E-state index contributed by atoms with van der Waals surface area (Å²) in [4.78, 5) is 14.9. The minimum atomic E-state index is -0.405. The summed E-state index contributed by atoms with van der Waals surface area (Å²) in [5, 5.41) is 18.4. The third kappa shape index (κ3) is 3.48. The Bertz CT molecular complexity index is 1070. The number of hydrogen-bond donors (Lipinski definition) is 2. The molecular weight excluding hydrogens is 413 g/mol. The molecule has 150 valence electrons. The summed E-state index contributed by atoms with van der Waals surface area (Å²) in [6, 6.07) is 11.9. The number of rotatable bonds is 6. The fraction of sp³-hybridized carbons (Fsp3) is 0.238. The van der Waals surface area contributed by atoms with E-state index in [0.717, 1.165) is 5.56 Å². The summed E-state index contributed by atoms with van der Waals surface area (Å²) in [5.41, 5.74) is 3.05. The fourth-order valence-electron chi connectivity index (χ4n) is 3.71. The van der Waals surface area contributed by atoms with Crippen LogP contribution >= 0.6 is 23.2 Å². The maximum Gasteiger partial charge on any atom is 0.273 e. The predicted molar refractivity (Wildman–Crippen MR) is 112 cm³/mol. The zero-order chi connectivity index (χ0) is 20.5. The molecule has 0 radical (unpaired) electrons. The molecule has 2 heterocycles. The molecule has 1 aliphatic rings. The Balaban J connectivity index is 1.86. The summed E-state index contributed by atoms with van der Waals surface area (Å²) in [7, 11) is 1.63. The lowest BCUT2D eigenvalue weighted by atomic mass is 9.95. The summed E-state index contributed by atoms with van der Waals surface area (Å²) in [6.45, 7) is 1.04. The standard InChI is InChI=1S/C21H19Cl2N3O3/c1-29-10-4-9-26-20(12-7-8-14(22)15(23)11-12)17-18(24-25-19(17)21(26)28)13-5-2-3-6-16(13)27/h2-3,5-8,11,20,27H,4,9-10H2,1H3,(H,24,25)/t20-/m1/s1. The van der Waals surface area contributed by atoms with Gasteiger partial charge in [-0.2, -0.15) is 5.10 Å². The molecule has 8 heteroatoms. The van der Waals surface area contributed by atoms with Gasteiger partial charge in [-0.05, 0) is 36.2 Å². The van der Waals surface area contributed by atoms with Crippen LogP contribution in [0.3, 0.4) is 0 Å². The molecule has 4 rings (SSSR count). The van der Waals surface area contributed by atoms with Crippen LogP contribution in [0.1, 0.15) is 34.1 Å². The van der Waals surface area contributed by atoms with Crippen molar-refractivity contribution in [3.8, 4) is 17.0 Å². The van der Waals surface area contributed by atoms with Gasteiger partial charge >= 0.3 is 0 Å². The highest BCUT2D eigenvalue weighted by Crippen LogP contribution is 2.45. The van der Waals surface area contributed by atoms with Crippen LogP contribution in [0.2, 0.25) is 10.0 Å². The number of phenols is 1. The van der Waals surface area contributed by atoms with Crippen molar-refractivity contribution < 1.29 is 14.6 Å². The number of fused-ring (bicyclic) bond motifs is 1. The smallest absolute Gasteiger partial charge is 0.273 e. The number of aromatic nitrogens is 2. The average Bonchev–Trinajstić information content (AvgIpc) is 3.24. The Kier molecular flexibility index (Phi) is 5.50. The second kappa shape index (κ2) is 8.06. The molecular formula is C21H19Cl2N3O3. The van der Waals surface area contributed by atoms with Crippen molar-refractivity contribution >= 4 is 29.1 Å². The Morgan fingerprint density at radius 1 is 1.21 bits per heavy atom. The van der Waals surface area contributed by atoms with Crippen molar-refractivity contribution in [2.24, 2.45) is 0 Å². The van der Waals surface area contributed by atoms with E-state index >= 15 is 0 Å². The zero-order valence-electron chi connectivity index (χ0n) is 15.7. The third-order valence-corrected chi connectivity index (χ3v) is 5.77. The molecule has 1 atom stereocenters. The maximum atomic E-state index is 13.1. The number of nitrogens with zero attached hydrogens (tertiary/aromatic N) is 2. The monoisotopic (exact) mass is 431 g/mol. The Hall–Kier alpha value is -2.54. The summed E-state index contributed by atoms with van der Waals surface area (Å²) < 4.78 is 5.15. The molecule has 6 nitrogen and oxygen atoms in total. The molecule has 1 aromatic heterocycles. The minimum absolute atomic E-state index is 0.0972. The maximum absolute atomic E-state index is 13.1. The van der Waals surface area contributed by atoms with Gasteiger partial charge in [0.1, 0.15) is 17.1 Å². The molecule has 0 bridgehead atoms. The van der Waals surface area contributed by atoms with Crippen LogP contribution in [-0.4, -0.2) is 46.4 Å². The van der Waals surface area contributed by atoms with E-state index in [2.05, 4.69) is 10.2 Å². The Morgan fingerprint density at radius 3 is 2.72 bits per heavy atom. The first-order valence-corrected chi connectivity index (χ1v) is 9.90. The van der Waals surface area contributed by atoms with Crippen LogP contribution in [-0.2, 0) is 4.74 Å². The van der Waals surface area contributed by atoms with Gasteiger partial charge in [0, 0.05) is 31.4 Å². The molecule has 0 unspecified atom stereocenters. The molecule has 29 heavy (non-hydrogen) atoms. The van der Waals surface area contributed by atoms with E-state index in [0.29, 0.717) is 52.1 Å². The molecule has 1 amide bonds. The molecule has 0 saturated heterocycles. The van der Waals surface area contributed by atoms with Gasteiger partial charge in [-0.25, -0.2) is 0 Å². The third-order valence-electron chi connectivity index (χ3n) is 5.03. The van der Waals surface area contributed by atoms with E-state index in [-0.39, 0.29) is 11.7 Å².